The highest BCUT2D eigenvalue weighted by molar-refractivity contribution is 5.46. The highest BCUT2D eigenvalue weighted by Gasteiger charge is 2.10. The highest BCUT2D eigenvalue weighted by Crippen LogP contribution is 2.15. The average molecular weight is 180 g/mol. The van der Waals surface area contributed by atoms with Crippen LogP contribution in [0.15, 0.2) is 24.4 Å². The van der Waals surface area contributed by atoms with E-state index in [1.807, 2.05) is 0 Å². The number of aromatic nitrogens is 2. The summed E-state index contributed by atoms with van der Waals surface area (Å²) in [6.07, 6.45) is 0.768. The summed E-state index contributed by atoms with van der Waals surface area (Å²) in [5, 5.41) is 9.29. The van der Waals surface area contributed by atoms with Gasteiger partial charge in [0, 0.05) is 0 Å². The first kappa shape index (κ1) is 8.19. The third kappa shape index (κ3) is 1.19. The van der Waals surface area contributed by atoms with Crippen molar-refractivity contribution in [1.82, 2.24) is 9.38 Å². The van der Waals surface area contributed by atoms with Gasteiger partial charge in [0.25, 0.3) is 0 Å². The van der Waals surface area contributed by atoms with E-state index in [2.05, 4.69) is 4.98 Å². The topological polar surface area (TPSA) is 37.5 Å². The van der Waals surface area contributed by atoms with Crippen LogP contribution in [0.25, 0.3) is 5.52 Å². The fraction of sp³-hybridized carbons (Fsp3) is 0.222. The minimum atomic E-state index is -0.764. The summed E-state index contributed by atoms with van der Waals surface area (Å²) in [5.41, 5.74) is 0.649. The molecule has 2 aromatic rings. The van der Waals surface area contributed by atoms with E-state index < -0.39 is 12.1 Å². The molecule has 0 aliphatic rings. The Labute approximate surface area is 74.5 Å². The van der Waals surface area contributed by atoms with E-state index in [0.717, 1.165) is 0 Å². The average Bonchev–Trinajstić information content (AvgIpc) is 2.49. The van der Waals surface area contributed by atoms with Crippen LogP contribution in [0.5, 0.6) is 0 Å². The van der Waals surface area contributed by atoms with Crippen molar-refractivity contribution in [3.8, 4) is 0 Å². The second-order valence-electron chi connectivity index (χ2n) is 2.90. The van der Waals surface area contributed by atoms with Crippen LogP contribution in [-0.4, -0.2) is 14.5 Å². The molecule has 0 aliphatic heterocycles. The number of pyridine rings is 1. The molecule has 1 unspecified atom stereocenters. The number of hydrogen-bond acceptors (Lipinski definition) is 2. The highest BCUT2D eigenvalue weighted by atomic mass is 19.1. The summed E-state index contributed by atoms with van der Waals surface area (Å²) in [5.74, 6) is -0.0843. The Morgan fingerprint density at radius 3 is 3.00 bits per heavy atom. The number of rotatable bonds is 1. The lowest BCUT2D eigenvalue weighted by Crippen LogP contribution is -2.02. The Morgan fingerprint density at radius 2 is 2.31 bits per heavy atom. The number of imidazole rings is 1. The maximum absolute atomic E-state index is 13.3. The molecule has 2 heterocycles. The number of halogens is 1. The zero-order valence-corrected chi connectivity index (χ0v) is 7.11. The molecular formula is C9H9FN2O. The minimum absolute atomic E-state index is 0.327. The van der Waals surface area contributed by atoms with Gasteiger partial charge in [-0.25, -0.2) is 4.98 Å². The Balaban J connectivity index is 2.79. The molecule has 0 amide bonds. The quantitative estimate of drug-likeness (QED) is 0.676. The lowest BCUT2D eigenvalue weighted by atomic mass is 10.3. The van der Waals surface area contributed by atoms with Crippen molar-refractivity contribution in [2.45, 2.75) is 13.0 Å². The van der Waals surface area contributed by atoms with Gasteiger partial charge in [-0.3, -0.25) is 4.40 Å². The molecule has 0 aliphatic carbocycles. The summed E-state index contributed by atoms with van der Waals surface area (Å²) in [6, 6.07) is 4.68. The fourth-order valence-corrected chi connectivity index (χ4v) is 1.33. The smallest absolute Gasteiger partial charge is 0.199 e. The summed E-state index contributed by atoms with van der Waals surface area (Å²) in [4.78, 5) is 3.93. The van der Waals surface area contributed by atoms with Gasteiger partial charge < -0.3 is 5.11 Å². The molecule has 0 saturated heterocycles. The van der Waals surface area contributed by atoms with E-state index in [1.165, 1.54) is 16.7 Å². The van der Waals surface area contributed by atoms with E-state index in [9.17, 15) is 9.50 Å². The first-order chi connectivity index (χ1) is 6.20. The van der Waals surface area contributed by atoms with Crippen LogP contribution in [0.3, 0.4) is 0 Å². The molecule has 0 aromatic carbocycles. The number of aliphatic hydroxyl groups excluding tert-OH is 1. The molecule has 13 heavy (non-hydrogen) atoms. The van der Waals surface area contributed by atoms with Crippen molar-refractivity contribution in [2.24, 2.45) is 0 Å². The summed E-state index contributed by atoms with van der Waals surface area (Å²) >= 11 is 0. The van der Waals surface area contributed by atoms with Crippen LogP contribution in [0, 0.1) is 5.95 Å². The molecule has 1 atom stereocenters. The monoisotopic (exact) mass is 180 g/mol. The van der Waals surface area contributed by atoms with E-state index in [4.69, 9.17) is 0 Å². The van der Waals surface area contributed by atoms with Gasteiger partial charge in [-0.05, 0) is 19.1 Å². The maximum Gasteiger partial charge on any atom is 0.199 e. The predicted molar refractivity (Wildman–Crippen MR) is 45.8 cm³/mol. The Hall–Kier alpha value is -1.42. The predicted octanol–water partition coefficient (Wildman–Crippen LogP) is 1.53. The van der Waals surface area contributed by atoms with Crippen LogP contribution in [0.4, 0.5) is 4.39 Å². The molecule has 3 nitrogen and oxygen atoms in total. The van der Waals surface area contributed by atoms with Gasteiger partial charge in [0.05, 0.1) is 11.7 Å². The minimum Gasteiger partial charge on any atom is -0.385 e. The van der Waals surface area contributed by atoms with Crippen LogP contribution in [0.1, 0.15) is 18.9 Å². The summed E-state index contributed by atoms with van der Waals surface area (Å²) in [7, 11) is 0. The van der Waals surface area contributed by atoms with E-state index in [-0.39, 0.29) is 0 Å². The SMILES string of the molecule is CC(O)c1ncc2cccc(F)n12. The lowest BCUT2D eigenvalue weighted by molar-refractivity contribution is 0.186. The second kappa shape index (κ2) is 2.81. The fourth-order valence-electron chi connectivity index (χ4n) is 1.33. The number of hydrogen-bond donors (Lipinski definition) is 1. The van der Waals surface area contributed by atoms with Crippen LogP contribution < -0.4 is 0 Å². The van der Waals surface area contributed by atoms with E-state index in [0.29, 0.717) is 11.3 Å². The van der Waals surface area contributed by atoms with Gasteiger partial charge in [0.15, 0.2) is 5.95 Å². The Bertz CT molecular complexity index is 436. The molecule has 0 spiro atoms. The van der Waals surface area contributed by atoms with Crippen LogP contribution in [0.2, 0.25) is 0 Å². The van der Waals surface area contributed by atoms with Gasteiger partial charge in [0.1, 0.15) is 11.9 Å². The molecule has 0 fully saturated rings. The van der Waals surface area contributed by atoms with Crippen LogP contribution in [-0.2, 0) is 0 Å². The van der Waals surface area contributed by atoms with Gasteiger partial charge in [0.2, 0.25) is 0 Å². The molecule has 68 valence electrons. The van der Waals surface area contributed by atoms with E-state index in [1.54, 1.807) is 19.1 Å². The third-order valence-corrected chi connectivity index (χ3v) is 1.90. The molecule has 0 saturated carbocycles. The summed E-state index contributed by atoms with van der Waals surface area (Å²) < 4.78 is 14.5. The van der Waals surface area contributed by atoms with Crippen LogP contribution >= 0.6 is 0 Å². The molecule has 4 heteroatoms. The van der Waals surface area contributed by atoms with Crippen molar-refractivity contribution < 1.29 is 9.50 Å². The van der Waals surface area contributed by atoms with Crippen molar-refractivity contribution in [1.29, 1.82) is 0 Å². The lowest BCUT2D eigenvalue weighted by Gasteiger charge is -2.03. The Kier molecular flexibility index (Phi) is 1.77. The standard InChI is InChI=1S/C9H9FN2O/c1-6(13)9-11-5-7-3-2-4-8(10)12(7)9/h2-6,13H,1H3. The van der Waals surface area contributed by atoms with Gasteiger partial charge in [-0.1, -0.05) is 6.07 Å². The first-order valence-corrected chi connectivity index (χ1v) is 4.00. The van der Waals surface area contributed by atoms with Crippen molar-refractivity contribution in [3.05, 3.63) is 36.2 Å². The van der Waals surface area contributed by atoms with E-state index >= 15 is 0 Å². The number of fused-ring (bicyclic) bond motifs is 1. The van der Waals surface area contributed by atoms with Gasteiger partial charge in [-0.15, -0.1) is 0 Å². The largest absolute Gasteiger partial charge is 0.385 e. The molecule has 2 rings (SSSR count). The zero-order chi connectivity index (χ0) is 9.42. The van der Waals surface area contributed by atoms with Crippen molar-refractivity contribution in [3.63, 3.8) is 0 Å². The van der Waals surface area contributed by atoms with Crippen molar-refractivity contribution in [2.75, 3.05) is 0 Å². The molecule has 0 bridgehead atoms. The molecule has 1 N–H and O–H groups in total. The summed E-state index contributed by atoms with van der Waals surface area (Å²) in [6.45, 7) is 1.56. The molecule has 2 aromatic heterocycles. The van der Waals surface area contributed by atoms with Crippen molar-refractivity contribution >= 4 is 5.52 Å². The first-order valence-electron chi connectivity index (χ1n) is 4.00. The normalized spacial score (nSPS) is 13.5. The second-order valence-corrected chi connectivity index (χ2v) is 2.90. The number of nitrogens with zero attached hydrogens (tertiary/aromatic N) is 2. The molecular weight excluding hydrogens is 171 g/mol. The number of aliphatic hydroxyl groups is 1. The maximum atomic E-state index is 13.3. The van der Waals surface area contributed by atoms with Gasteiger partial charge in [-0.2, -0.15) is 4.39 Å². The van der Waals surface area contributed by atoms with Gasteiger partial charge >= 0.3 is 0 Å². The molecule has 0 radical (unpaired) electrons. The Morgan fingerprint density at radius 1 is 1.54 bits per heavy atom. The third-order valence-electron chi connectivity index (χ3n) is 1.90. The zero-order valence-electron chi connectivity index (χ0n) is 7.11.